The summed E-state index contributed by atoms with van der Waals surface area (Å²) >= 11 is 6.09. The van der Waals surface area contributed by atoms with E-state index in [4.69, 9.17) is 17.3 Å². The molecule has 4 heteroatoms. The largest absolute Gasteiger partial charge is 0.394 e. The molecule has 3 aromatic rings. The molecule has 0 bridgehead atoms. The maximum Gasteiger partial charge on any atom is 0.274 e. The number of hydrogen-bond donors (Lipinski definition) is 1. The molecule has 0 saturated heterocycles. The zero-order valence-electron chi connectivity index (χ0n) is 10.9. The average molecular weight is 285 g/mol. The Bertz CT molecular complexity index is 854. The Morgan fingerprint density at radius 2 is 1.80 bits per heavy atom. The predicted octanol–water partition coefficient (Wildman–Crippen LogP) is 3.44. The number of hydrogen-bond acceptors (Lipinski definition) is 2. The summed E-state index contributed by atoms with van der Waals surface area (Å²) in [7, 11) is 1.71. The number of halogens is 1. The fourth-order valence-corrected chi connectivity index (χ4v) is 2.63. The van der Waals surface area contributed by atoms with Gasteiger partial charge in [0, 0.05) is 23.0 Å². The summed E-state index contributed by atoms with van der Waals surface area (Å²) < 4.78 is 1.55. The minimum atomic E-state index is -0.196. The molecule has 0 atom stereocenters. The van der Waals surface area contributed by atoms with Gasteiger partial charge >= 0.3 is 0 Å². The van der Waals surface area contributed by atoms with Crippen LogP contribution < -0.4 is 11.3 Å². The van der Waals surface area contributed by atoms with E-state index in [9.17, 15) is 4.79 Å². The second-order valence-electron chi connectivity index (χ2n) is 4.68. The van der Waals surface area contributed by atoms with Crippen LogP contribution in [0.25, 0.3) is 22.0 Å². The van der Waals surface area contributed by atoms with Crippen molar-refractivity contribution < 1.29 is 0 Å². The summed E-state index contributed by atoms with van der Waals surface area (Å²) in [5.74, 6) is 0. The van der Waals surface area contributed by atoms with Crippen LogP contribution in [0.5, 0.6) is 0 Å². The van der Waals surface area contributed by atoms with Gasteiger partial charge in [-0.15, -0.1) is 0 Å². The predicted molar refractivity (Wildman–Crippen MR) is 84.0 cm³/mol. The molecule has 0 spiro atoms. The van der Waals surface area contributed by atoms with E-state index in [0.717, 1.165) is 22.0 Å². The molecule has 0 amide bonds. The maximum atomic E-state index is 12.3. The molecule has 0 aliphatic carbocycles. The highest BCUT2D eigenvalue weighted by molar-refractivity contribution is 6.31. The maximum absolute atomic E-state index is 12.3. The van der Waals surface area contributed by atoms with E-state index in [1.807, 2.05) is 42.5 Å². The van der Waals surface area contributed by atoms with Crippen molar-refractivity contribution in [3.8, 4) is 11.1 Å². The van der Waals surface area contributed by atoms with Crippen LogP contribution >= 0.6 is 11.6 Å². The van der Waals surface area contributed by atoms with Crippen molar-refractivity contribution in [1.82, 2.24) is 4.57 Å². The van der Waals surface area contributed by atoms with Crippen LogP contribution in [0.3, 0.4) is 0 Å². The van der Waals surface area contributed by atoms with Gasteiger partial charge in [0.05, 0.1) is 5.52 Å². The first kappa shape index (κ1) is 12.8. The van der Waals surface area contributed by atoms with Gasteiger partial charge in [-0.1, -0.05) is 41.9 Å². The van der Waals surface area contributed by atoms with Gasteiger partial charge < -0.3 is 10.3 Å². The molecule has 3 nitrogen and oxygen atoms in total. The van der Waals surface area contributed by atoms with E-state index in [1.54, 1.807) is 17.7 Å². The molecule has 0 fully saturated rings. The molecule has 0 aliphatic heterocycles. The van der Waals surface area contributed by atoms with E-state index in [1.165, 1.54) is 0 Å². The third-order valence-corrected chi connectivity index (χ3v) is 3.69. The number of aryl methyl sites for hydroxylation is 1. The summed E-state index contributed by atoms with van der Waals surface area (Å²) in [5.41, 5.74) is 8.57. The molecule has 1 aromatic heterocycles. The lowest BCUT2D eigenvalue weighted by molar-refractivity contribution is 0.910. The Hall–Kier alpha value is -2.26. The number of benzene rings is 2. The highest BCUT2D eigenvalue weighted by Gasteiger charge is 2.14. The SMILES string of the molecule is Cn1c(=O)c(N)c(-c2ccccc2)c2cc(Cl)ccc21. The third-order valence-electron chi connectivity index (χ3n) is 3.46. The summed E-state index contributed by atoms with van der Waals surface area (Å²) in [6.07, 6.45) is 0. The van der Waals surface area contributed by atoms with E-state index in [0.29, 0.717) is 5.02 Å². The van der Waals surface area contributed by atoms with Crippen LogP contribution in [0.15, 0.2) is 53.3 Å². The number of rotatable bonds is 1. The zero-order valence-corrected chi connectivity index (χ0v) is 11.7. The quantitative estimate of drug-likeness (QED) is 0.744. The van der Waals surface area contributed by atoms with Crippen LogP contribution in [0.4, 0.5) is 5.69 Å². The monoisotopic (exact) mass is 284 g/mol. The highest BCUT2D eigenvalue weighted by Crippen LogP contribution is 2.32. The Morgan fingerprint density at radius 1 is 1.10 bits per heavy atom. The minimum absolute atomic E-state index is 0.196. The van der Waals surface area contributed by atoms with E-state index >= 15 is 0 Å². The number of pyridine rings is 1. The van der Waals surface area contributed by atoms with Crippen molar-refractivity contribution >= 4 is 28.2 Å². The normalized spacial score (nSPS) is 10.9. The Morgan fingerprint density at radius 3 is 2.50 bits per heavy atom. The highest BCUT2D eigenvalue weighted by atomic mass is 35.5. The molecule has 100 valence electrons. The number of aromatic nitrogens is 1. The Balaban J connectivity index is 2.53. The van der Waals surface area contributed by atoms with Crippen LogP contribution in [0.1, 0.15) is 0 Å². The van der Waals surface area contributed by atoms with Crippen molar-refractivity contribution in [2.75, 3.05) is 5.73 Å². The van der Waals surface area contributed by atoms with Gasteiger partial charge in [0.2, 0.25) is 0 Å². The van der Waals surface area contributed by atoms with Crippen LogP contribution in [0.2, 0.25) is 5.02 Å². The molecule has 0 unspecified atom stereocenters. The van der Waals surface area contributed by atoms with Gasteiger partial charge in [-0.2, -0.15) is 0 Å². The minimum Gasteiger partial charge on any atom is -0.394 e. The van der Waals surface area contributed by atoms with Crippen molar-refractivity contribution in [3.63, 3.8) is 0 Å². The molecule has 3 rings (SSSR count). The molecular formula is C16H13ClN2O. The number of fused-ring (bicyclic) bond motifs is 1. The molecule has 0 saturated carbocycles. The molecule has 0 radical (unpaired) electrons. The van der Waals surface area contributed by atoms with Crippen LogP contribution in [-0.2, 0) is 7.05 Å². The van der Waals surface area contributed by atoms with Gasteiger partial charge in [0.25, 0.3) is 5.56 Å². The van der Waals surface area contributed by atoms with Crippen molar-refractivity contribution in [2.45, 2.75) is 0 Å². The van der Waals surface area contributed by atoms with E-state index < -0.39 is 0 Å². The lowest BCUT2D eigenvalue weighted by atomic mass is 9.99. The molecule has 2 N–H and O–H groups in total. The first-order valence-electron chi connectivity index (χ1n) is 6.22. The molecule has 2 aromatic carbocycles. The van der Waals surface area contributed by atoms with Crippen molar-refractivity contribution in [3.05, 3.63) is 63.9 Å². The Kier molecular flexibility index (Phi) is 2.99. The lowest BCUT2D eigenvalue weighted by Gasteiger charge is -2.13. The lowest BCUT2D eigenvalue weighted by Crippen LogP contribution is -2.21. The molecule has 20 heavy (non-hydrogen) atoms. The van der Waals surface area contributed by atoms with Crippen LogP contribution in [0, 0.1) is 0 Å². The zero-order chi connectivity index (χ0) is 14.3. The van der Waals surface area contributed by atoms with Gasteiger partial charge in [-0.05, 0) is 23.8 Å². The number of nitrogens with zero attached hydrogens (tertiary/aromatic N) is 1. The molecular weight excluding hydrogens is 272 g/mol. The number of nitrogen functional groups attached to an aromatic ring is 1. The average Bonchev–Trinajstić information content (AvgIpc) is 2.46. The van der Waals surface area contributed by atoms with Crippen molar-refractivity contribution in [2.24, 2.45) is 7.05 Å². The summed E-state index contributed by atoms with van der Waals surface area (Å²) in [5, 5.41) is 1.50. The van der Waals surface area contributed by atoms with E-state index in [-0.39, 0.29) is 11.2 Å². The van der Waals surface area contributed by atoms with Gasteiger partial charge in [-0.3, -0.25) is 4.79 Å². The second-order valence-corrected chi connectivity index (χ2v) is 5.12. The summed E-state index contributed by atoms with van der Waals surface area (Å²) in [4.78, 5) is 12.3. The molecule has 0 aliphatic rings. The third kappa shape index (κ3) is 1.87. The number of anilines is 1. The van der Waals surface area contributed by atoms with Gasteiger partial charge in [-0.25, -0.2) is 0 Å². The van der Waals surface area contributed by atoms with Gasteiger partial charge in [0.15, 0.2) is 0 Å². The fraction of sp³-hybridized carbons (Fsp3) is 0.0625. The molecule has 1 heterocycles. The summed E-state index contributed by atoms with van der Waals surface area (Å²) in [6, 6.07) is 15.1. The number of nitrogens with two attached hydrogens (primary N) is 1. The first-order valence-corrected chi connectivity index (χ1v) is 6.60. The fourth-order valence-electron chi connectivity index (χ4n) is 2.46. The first-order chi connectivity index (χ1) is 9.59. The van der Waals surface area contributed by atoms with Gasteiger partial charge in [0.1, 0.15) is 5.69 Å². The smallest absolute Gasteiger partial charge is 0.274 e. The summed E-state index contributed by atoms with van der Waals surface area (Å²) in [6.45, 7) is 0. The Labute approximate surface area is 121 Å². The van der Waals surface area contributed by atoms with Crippen molar-refractivity contribution in [1.29, 1.82) is 0 Å². The standard InChI is InChI=1S/C16H13ClN2O/c1-19-13-8-7-11(17)9-12(13)14(15(18)16(19)20)10-5-3-2-4-6-10/h2-9H,18H2,1H3. The van der Waals surface area contributed by atoms with E-state index in [2.05, 4.69) is 0 Å². The topological polar surface area (TPSA) is 48.0 Å². The van der Waals surface area contributed by atoms with Crippen LogP contribution in [-0.4, -0.2) is 4.57 Å². The second kappa shape index (κ2) is 4.69.